The number of amides is 1. The third-order valence-electron chi connectivity index (χ3n) is 3.61. The summed E-state index contributed by atoms with van der Waals surface area (Å²) in [6, 6.07) is 18.4. The Morgan fingerprint density at radius 2 is 1.56 bits per heavy atom. The van der Waals surface area contributed by atoms with E-state index in [0.717, 1.165) is 11.1 Å². The lowest BCUT2D eigenvalue weighted by Gasteiger charge is -2.07. The maximum atomic E-state index is 12.1. The summed E-state index contributed by atoms with van der Waals surface area (Å²) in [5.41, 5.74) is 2.77. The number of aromatic nitrogens is 2. The van der Waals surface area contributed by atoms with Crippen molar-refractivity contribution in [3.8, 4) is 0 Å². The zero-order valence-electron chi connectivity index (χ0n) is 13.7. The van der Waals surface area contributed by atoms with Crippen LogP contribution in [0.1, 0.15) is 21.5 Å². The van der Waals surface area contributed by atoms with Crippen molar-refractivity contribution in [1.82, 2.24) is 10.2 Å². The Bertz CT molecular complexity index is 846. The second kappa shape index (κ2) is 7.77. The van der Waals surface area contributed by atoms with Crippen molar-refractivity contribution in [2.75, 3.05) is 10.6 Å². The van der Waals surface area contributed by atoms with Crippen molar-refractivity contribution >= 4 is 29.1 Å². The highest BCUT2D eigenvalue weighted by atomic mass is 35.5. The molecular weight excluding hydrogens is 336 g/mol. The summed E-state index contributed by atoms with van der Waals surface area (Å²) in [7, 11) is 0. The summed E-state index contributed by atoms with van der Waals surface area (Å²) in [6.07, 6.45) is 0. The number of rotatable bonds is 5. The van der Waals surface area contributed by atoms with E-state index in [2.05, 4.69) is 20.8 Å². The van der Waals surface area contributed by atoms with Crippen LogP contribution in [0.4, 0.5) is 11.6 Å². The van der Waals surface area contributed by atoms with Crippen LogP contribution in [-0.2, 0) is 6.54 Å². The Morgan fingerprint density at radius 3 is 2.20 bits per heavy atom. The zero-order valence-corrected chi connectivity index (χ0v) is 14.4. The van der Waals surface area contributed by atoms with Crippen LogP contribution in [0.3, 0.4) is 0 Å². The number of benzene rings is 2. The number of carbonyl (C=O) groups is 1. The van der Waals surface area contributed by atoms with E-state index in [1.54, 1.807) is 24.3 Å². The molecule has 0 aliphatic heterocycles. The minimum atomic E-state index is -0.212. The number of hydrogen-bond acceptors (Lipinski definition) is 4. The third kappa shape index (κ3) is 4.78. The molecule has 1 amide bonds. The molecule has 3 rings (SSSR count). The van der Waals surface area contributed by atoms with E-state index in [1.807, 2.05) is 43.3 Å². The first-order valence-electron chi connectivity index (χ1n) is 7.80. The van der Waals surface area contributed by atoms with Crippen molar-refractivity contribution in [2.24, 2.45) is 0 Å². The monoisotopic (exact) mass is 352 g/mol. The van der Waals surface area contributed by atoms with E-state index in [9.17, 15) is 4.79 Å². The molecule has 2 aromatic carbocycles. The van der Waals surface area contributed by atoms with E-state index in [4.69, 9.17) is 11.6 Å². The zero-order chi connectivity index (χ0) is 17.6. The summed E-state index contributed by atoms with van der Waals surface area (Å²) in [4.78, 5) is 12.1. The van der Waals surface area contributed by atoms with Gasteiger partial charge in [-0.25, -0.2) is 0 Å². The molecule has 0 saturated heterocycles. The number of anilines is 2. The minimum Gasteiger partial charge on any atom is -0.365 e. The Kier molecular flexibility index (Phi) is 5.26. The molecule has 0 atom stereocenters. The number of nitrogens with one attached hydrogen (secondary N) is 2. The van der Waals surface area contributed by atoms with Gasteiger partial charge in [0.1, 0.15) is 5.82 Å². The molecule has 0 aliphatic carbocycles. The van der Waals surface area contributed by atoms with Crippen LogP contribution < -0.4 is 10.6 Å². The van der Waals surface area contributed by atoms with Crippen molar-refractivity contribution in [2.45, 2.75) is 13.5 Å². The maximum absolute atomic E-state index is 12.1. The number of aryl methyl sites for hydroxylation is 1. The molecule has 0 unspecified atom stereocenters. The summed E-state index contributed by atoms with van der Waals surface area (Å²) >= 11 is 5.86. The number of hydrogen-bond donors (Lipinski definition) is 2. The average Bonchev–Trinajstić information content (AvgIpc) is 2.63. The summed E-state index contributed by atoms with van der Waals surface area (Å²) < 4.78 is 0. The number of nitrogens with zero attached hydrogens (tertiary/aromatic N) is 2. The third-order valence-corrected chi connectivity index (χ3v) is 3.86. The van der Waals surface area contributed by atoms with Gasteiger partial charge in [0.15, 0.2) is 5.82 Å². The van der Waals surface area contributed by atoms with Crippen LogP contribution >= 0.6 is 11.6 Å². The topological polar surface area (TPSA) is 66.9 Å². The largest absolute Gasteiger partial charge is 0.365 e. The highest BCUT2D eigenvalue weighted by molar-refractivity contribution is 6.30. The number of carbonyl (C=O) groups excluding carboxylic acids is 1. The van der Waals surface area contributed by atoms with Gasteiger partial charge in [-0.15, -0.1) is 10.2 Å². The summed E-state index contributed by atoms with van der Waals surface area (Å²) in [5.74, 6) is 0.821. The molecule has 5 nitrogen and oxygen atoms in total. The van der Waals surface area contributed by atoms with E-state index in [1.165, 1.54) is 0 Å². The van der Waals surface area contributed by atoms with Crippen LogP contribution in [0, 0.1) is 6.92 Å². The molecule has 0 bridgehead atoms. The van der Waals surface area contributed by atoms with Crippen LogP contribution in [0.15, 0.2) is 60.7 Å². The Hall–Kier alpha value is -2.92. The molecule has 0 radical (unpaired) electrons. The van der Waals surface area contributed by atoms with Gasteiger partial charge in [0.2, 0.25) is 0 Å². The lowest BCUT2D eigenvalue weighted by Crippen LogP contribution is -2.13. The Balaban J connectivity index is 1.57. The van der Waals surface area contributed by atoms with Gasteiger partial charge < -0.3 is 10.6 Å². The quantitative estimate of drug-likeness (QED) is 0.718. The average molecular weight is 353 g/mol. The molecule has 6 heteroatoms. The molecule has 0 fully saturated rings. The fourth-order valence-corrected chi connectivity index (χ4v) is 2.31. The molecule has 0 aliphatic rings. The lowest BCUT2D eigenvalue weighted by molar-refractivity contribution is 0.102. The van der Waals surface area contributed by atoms with Crippen LogP contribution in [0.5, 0.6) is 0 Å². The fourth-order valence-electron chi connectivity index (χ4n) is 2.18. The van der Waals surface area contributed by atoms with E-state index in [-0.39, 0.29) is 5.91 Å². The second-order valence-electron chi connectivity index (χ2n) is 5.60. The Morgan fingerprint density at radius 1 is 0.920 bits per heavy atom. The molecule has 1 heterocycles. The van der Waals surface area contributed by atoms with Crippen molar-refractivity contribution in [1.29, 1.82) is 0 Å². The van der Waals surface area contributed by atoms with Crippen molar-refractivity contribution < 1.29 is 4.79 Å². The molecule has 0 saturated carbocycles. The molecule has 2 N–H and O–H groups in total. The van der Waals surface area contributed by atoms with Gasteiger partial charge in [-0.3, -0.25) is 4.79 Å². The van der Waals surface area contributed by atoms with Gasteiger partial charge in [-0.2, -0.15) is 0 Å². The van der Waals surface area contributed by atoms with Gasteiger partial charge >= 0.3 is 0 Å². The summed E-state index contributed by atoms with van der Waals surface area (Å²) in [5, 5.41) is 14.7. The smallest absolute Gasteiger partial charge is 0.256 e. The Labute approximate surface area is 151 Å². The fraction of sp³-hybridized carbons (Fsp3) is 0.105. The van der Waals surface area contributed by atoms with E-state index >= 15 is 0 Å². The first kappa shape index (κ1) is 16.9. The maximum Gasteiger partial charge on any atom is 0.256 e. The molecule has 0 spiro atoms. The first-order valence-corrected chi connectivity index (χ1v) is 8.18. The van der Waals surface area contributed by atoms with Gasteiger partial charge in [0, 0.05) is 17.1 Å². The van der Waals surface area contributed by atoms with Crippen LogP contribution in [0.25, 0.3) is 0 Å². The van der Waals surface area contributed by atoms with E-state index < -0.39 is 0 Å². The molecule has 1 aromatic heterocycles. The van der Waals surface area contributed by atoms with Gasteiger partial charge in [-0.1, -0.05) is 41.4 Å². The summed E-state index contributed by atoms with van der Waals surface area (Å²) in [6.45, 7) is 2.59. The normalized spacial score (nSPS) is 10.3. The lowest BCUT2D eigenvalue weighted by atomic mass is 10.1. The minimum absolute atomic E-state index is 0.212. The van der Waals surface area contributed by atoms with Crippen LogP contribution in [0.2, 0.25) is 5.02 Å². The highest BCUT2D eigenvalue weighted by Gasteiger charge is 2.07. The predicted molar refractivity (Wildman–Crippen MR) is 99.9 cm³/mol. The molecule has 3 aromatic rings. The first-order chi connectivity index (χ1) is 12.1. The van der Waals surface area contributed by atoms with Gasteiger partial charge in [-0.05, 0) is 48.9 Å². The SMILES string of the molecule is Cc1ccc(C(=O)Nc2ccc(NCc3ccc(Cl)cc3)nn2)cc1. The molecule has 25 heavy (non-hydrogen) atoms. The van der Waals surface area contributed by atoms with Crippen molar-refractivity contribution in [3.63, 3.8) is 0 Å². The van der Waals surface area contributed by atoms with E-state index in [0.29, 0.717) is 28.8 Å². The van der Waals surface area contributed by atoms with Crippen LogP contribution in [-0.4, -0.2) is 16.1 Å². The second-order valence-corrected chi connectivity index (χ2v) is 6.04. The molecular formula is C19H17ClN4O. The van der Waals surface area contributed by atoms with Gasteiger partial charge in [0.25, 0.3) is 5.91 Å². The highest BCUT2D eigenvalue weighted by Crippen LogP contribution is 2.12. The van der Waals surface area contributed by atoms with Crippen molar-refractivity contribution in [3.05, 3.63) is 82.4 Å². The number of halogens is 1. The molecule has 126 valence electrons. The van der Waals surface area contributed by atoms with Gasteiger partial charge in [0.05, 0.1) is 0 Å². The standard InChI is InChI=1S/C19H17ClN4O/c1-13-2-6-15(7-3-13)19(25)22-18-11-10-17(23-24-18)21-12-14-4-8-16(20)9-5-14/h2-11H,12H2,1H3,(H,21,23)(H,22,24,25). The predicted octanol–water partition coefficient (Wildman–Crippen LogP) is 4.30.